The molecule has 2 aliphatic heterocycles. The highest BCUT2D eigenvalue weighted by atomic mass is 15.0. The molecule has 39 heavy (non-hydrogen) atoms. The standard InChI is InChI=1S/C35H34N4/c1-35(17-16-26-10-8-24-5-3-19-37-32(24)34(26)39-35)29-14-12-22-6-11-27(20-28(22)21-29)30-15-13-25-9-7-23-4-2-18-36-31(23)33(25)38-30/h3,5-6,11-23,28,31,39H,2,4,7-10H2,1H3. The first-order valence-corrected chi connectivity index (χ1v) is 14.6. The second-order valence-corrected chi connectivity index (χ2v) is 12.1. The molecule has 4 heterocycles. The van der Waals surface area contributed by atoms with E-state index >= 15 is 0 Å². The molecular weight excluding hydrogens is 476 g/mol. The molecule has 0 amide bonds. The Hall–Kier alpha value is -3.79. The quantitative estimate of drug-likeness (QED) is 0.478. The molecule has 1 N–H and O–H groups in total. The van der Waals surface area contributed by atoms with E-state index in [1.54, 1.807) is 0 Å². The summed E-state index contributed by atoms with van der Waals surface area (Å²) in [5.74, 6) is 1.34. The largest absolute Gasteiger partial charge is 0.370 e. The van der Waals surface area contributed by atoms with Crippen LogP contribution in [-0.2, 0) is 12.8 Å². The van der Waals surface area contributed by atoms with E-state index in [0.29, 0.717) is 17.8 Å². The monoisotopic (exact) mass is 510 g/mol. The van der Waals surface area contributed by atoms with Gasteiger partial charge in [0.1, 0.15) is 0 Å². The number of rotatable bonds is 2. The number of dihydropyridines is 1. The highest BCUT2D eigenvalue weighted by molar-refractivity contribution is 5.76. The summed E-state index contributed by atoms with van der Waals surface area (Å²) in [5.41, 5.74) is 10.9. The number of nitrogens with one attached hydrogen (secondary N) is 1. The topological polar surface area (TPSA) is 50.2 Å². The van der Waals surface area contributed by atoms with Crippen molar-refractivity contribution in [2.24, 2.45) is 22.7 Å². The molecule has 4 nitrogen and oxygen atoms in total. The minimum absolute atomic E-state index is 0.246. The van der Waals surface area contributed by atoms with Crippen molar-refractivity contribution < 1.29 is 0 Å². The Labute approximate surface area is 230 Å². The molecule has 2 aromatic rings. The summed E-state index contributed by atoms with van der Waals surface area (Å²) in [6, 6.07) is 9.03. The number of nitrogens with zero attached hydrogens (tertiary/aromatic N) is 3. The van der Waals surface area contributed by atoms with Crippen molar-refractivity contribution >= 4 is 17.5 Å². The Kier molecular flexibility index (Phi) is 5.26. The highest BCUT2D eigenvalue weighted by Gasteiger charge is 2.35. The lowest BCUT2D eigenvalue weighted by atomic mass is 9.75. The summed E-state index contributed by atoms with van der Waals surface area (Å²) < 4.78 is 0. The second-order valence-electron chi connectivity index (χ2n) is 12.1. The predicted molar refractivity (Wildman–Crippen MR) is 158 cm³/mol. The minimum Gasteiger partial charge on any atom is -0.370 e. The number of pyridine rings is 2. The number of aryl methyl sites for hydroxylation is 2. The number of fused-ring (bicyclic) bond motifs is 6. The van der Waals surface area contributed by atoms with Crippen LogP contribution in [0.15, 0.2) is 95.2 Å². The van der Waals surface area contributed by atoms with Crippen LogP contribution in [0.3, 0.4) is 0 Å². The number of aliphatic imine (C=N–C) groups is 1. The van der Waals surface area contributed by atoms with Crippen molar-refractivity contribution in [3.8, 4) is 0 Å². The molecule has 0 saturated heterocycles. The average molecular weight is 511 g/mol. The van der Waals surface area contributed by atoms with Crippen LogP contribution in [-0.4, -0.2) is 21.7 Å². The summed E-state index contributed by atoms with van der Waals surface area (Å²) in [4.78, 5) is 14.9. The molecule has 5 atom stereocenters. The third kappa shape index (κ3) is 3.83. The Morgan fingerprint density at radius 3 is 2.85 bits per heavy atom. The van der Waals surface area contributed by atoms with Crippen LogP contribution < -0.4 is 5.32 Å². The number of allylic oxidation sites excluding steroid dienone is 8. The molecule has 0 radical (unpaired) electrons. The van der Waals surface area contributed by atoms with Gasteiger partial charge < -0.3 is 5.32 Å². The zero-order valence-electron chi connectivity index (χ0n) is 22.5. The van der Waals surface area contributed by atoms with E-state index in [-0.39, 0.29) is 11.6 Å². The third-order valence-corrected chi connectivity index (χ3v) is 9.65. The fraction of sp³-hybridized carbons (Fsp3) is 0.343. The van der Waals surface area contributed by atoms with E-state index in [4.69, 9.17) is 15.0 Å². The molecule has 0 spiro atoms. The van der Waals surface area contributed by atoms with Gasteiger partial charge in [-0.15, -0.1) is 0 Å². The molecule has 2 aromatic heterocycles. The summed E-state index contributed by atoms with van der Waals surface area (Å²) in [6.45, 7) is 2.29. The number of aromatic nitrogens is 2. The fourth-order valence-electron chi connectivity index (χ4n) is 7.34. The van der Waals surface area contributed by atoms with Gasteiger partial charge in [0.2, 0.25) is 0 Å². The smallest absolute Gasteiger partial charge is 0.0946 e. The van der Waals surface area contributed by atoms with Gasteiger partial charge in [-0.25, -0.2) is 0 Å². The molecule has 0 fully saturated rings. The first-order valence-electron chi connectivity index (χ1n) is 14.6. The molecule has 0 aromatic carbocycles. The van der Waals surface area contributed by atoms with E-state index in [2.05, 4.69) is 85.3 Å². The first kappa shape index (κ1) is 23.1. The Bertz CT molecular complexity index is 1580. The Morgan fingerprint density at radius 2 is 1.87 bits per heavy atom. The summed E-state index contributed by atoms with van der Waals surface area (Å²) >= 11 is 0. The van der Waals surface area contributed by atoms with Gasteiger partial charge >= 0.3 is 0 Å². The van der Waals surface area contributed by atoms with Gasteiger partial charge in [0.05, 0.1) is 34.4 Å². The molecule has 0 bridgehead atoms. The molecule has 194 valence electrons. The van der Waals surface area contributed by atoms with Crippen LogP contribution in [0, 0.1) is 17.8 Å². The van der Waals surface area contributed by atoms with Crippen molar-refractivity contribution in [3.63, 3.8) is 0 Å². The molecule has 5 unspecified atom stereocenters. The zero-order chi connectivity index (χ0) is 26.0. The van der Waals surface area contributed by atoms with E-state index in [9.17, 15) is 0 Å². The Balaban J connectivity index is 1.10. The molecule has 6 aliphatic rings. The lowest BCUT2D eigenvalue weighted by Gasteiger charge is -2.39. The number of hydrogen-bond acceptors (Lipinski definition) is 4. The minimum atomic E-state index is -0.278. The summed E-state index contributed by atoms with van der Waals surface area (Å²) in [7, 11) is 0. The second kappa shape index (κ2) is 8.87. The average Bonchev–Trinajstić information content (AvgIpc) is 3.00. The lowest BCUT2D eigenvalue weighted by Crippen LogP contribution is -2.44. The maximum atomic E-state index is 5.24. The van der Waals surface area contributed by atoms with Crippen LogP contribution in [0.2, 0.25) is 0 Å². The van der Waals surface area contributed by atoms with Gasteiger partial charge in [-0.05, 0) is 97.6 Å². The number of hydrogen-bond donors (Lipinski definition) is 1. The fourth-order valence-corrected chi connectivity index (χ4v) is 7.34. The first-order chi connectivity index (χ1) is 19.1. The van der Waals surface area contributed by atoms with E-state index < -0.39 is 0 Å². The van der Waals surface area contributed by atoms with Crippen LogP contribution >= 0.6 is 0 Å². The van der Waals surface area contributed by atoms with Crippen LogP contribution in [0.4, 0.5) is 0 Å². The van der Waals surface area contributed by atoms with Crippen LogP contribution in [0.25, 0.3) is 11.3 Å². The van der Waals surface area contributed by atoms with Crippen molar-refractivity contribution in [1.82, 2.24) is 15.3 Å². The SMILES string of the molecule is CC1(C2=CC3C=C(c4ccc5c(n4)C4N=CCCC4CC5)C=CC3C=C2)C=CC2=C(N1)c1ncccc1CC2. The molecular formula is C35H34N4. The molecule has 4 aliphatic carbocycles. The zero-order valence-corrected chi connectivity index (χ0v) is 22.5. The molecule has 0 saturated carbocycles. The predicted octanol–water partition coefficient (Wildman–Crippen LogP) is 6.90. The van der Waals surface area contributed by atoms with Gasteiger partial charge in [0.25, 0.3) is 0 Å². The van der Waals surface area contributed by atoms with E-state index in [1.165, 1.54) is 52.1 Å². The van der Waals surface area contributed by atoms with Crippen molar-refractivity contribution in [3.05, 3.63) is 118 Å². The van der Waals surface area contributed by atoms with Crippen LogP contribution in [0.1, 0.15) is 66.9 Å². The maximum absolute atomic E-state index is 5.24. The molecule has 8 rings (SSSR count). The Morgan fingerprint density at radius 1 is 0.923 bits per heavy atom. The normalized spacial score (nSPS) is 31.7. The van der Waals surface area contributed by atoms with Crippen LogP contribution in [0.5, 0.6) is 0 Å². The van der Waals surface area contributed by atoms with Gasteiger partial charge in [-0.2, -0.15) is 0 Å². The van der Waals surface area contributed by atoms with E-state index in [0.717, 1.165) is 37.1 Å². The lowest BCUT2D eigenvalue weighted by molar-refractivity contribution is 0.344. The highest BCUT2D eigenvalue weighted by Crippen LogP contribution is 2.43. The summed E-state index contributed by atoms with van der Waals surface area (Å²) in [6.07, 6.45) is 29.7. The van der Waals surface area contributed by atoms with E-state index in [1.807, 2.05) is 12.3 Å². The summed E-state index contributed by atoms with van der Waals surface area (Å²) in [5, 5.41) is 3.90. The third-order valence-electron chi connectivity index (χ3n) is 9.65. The van der Waals surface area contributed by atoms with Gasteiger partial charge in [-0.1, -0.05) is 60.7 Å². The van der Waals surface area contributed by atoms with Gasteiger partial charge in [0.15, 0.2) is 0 Å². The van der Waals surface area contributed by atoms with Crippen molar-refractivity contribution in [1.29, 1.82) is 0 Å². The maximum Gasteiger partial charge on any atom is 0.0946 e. The van der Waals surface area contributed by atoms with Crippen molar-refractivity contribution in [2.75, 3.05) is 0 Å². The molecule has 4 heteroatoms. The van der Waals surface area contributed by atoms with Gasteiger partial charge in [-0.3, -0.25) is 15.0 Å². The van der Waals surface area contributed by atoms with Gasteiger partial charge in [0, 0.05) is 18.0 Å². The van der Waals surface area contributed by atoms with Crippen molar-refractivity contribution in [2.45, 2.75) is 57.0 Å².